The molecule has 1 heterocycles. The second-order valence-corrected chi connectivity index (χ2v) is 3.92. The van der Waals surface area contributed by atoms with Crippen LogP contribution < -0.4 is 5.32 Å². The van der Waals surface area contributed by atoms with Crippen molar-refractivity contribution in [3.05, 3.63) is 24.0 Å². The maximum absolute atomic E-state index is 11.6. The van der Waals surface area contributed by atoms with Gasteiger partial charge >= 0.3 is 5.97 Å². The highest BCUT2D eigenvalue weighted by Crippen LogP contribution is 2.15. The highest BCUT2D eigenvalue weighted by atomic mass is 16.5. The van der Waals surface area contributed by atoms with E-state index in [4.69, 9.17) is 4.74 Å². The first-order valence-corrected chi connectivity index (χ1v) is 5.50. The average Bonchev–Trinajstić information content (AvgIpc) is 2.27. The molecule has 1 aromatic heterocycles. The number of carbonyl (C=O) groups excluding carboxylic acids is 1. The Hall–Kier alpha value is -1.58. The first kappa shape index (κ1) is 12.5. The molecule has 88 valence electrons. The van der Waals surface area contributed by atoms with Crippen LogP contribution in [-0.2, 0) is 4.74 Å². The van der Waals surface area contributed by atoms with E-state index < -0.39 is 0 Å². The van der Waals surface area contributed by atoms with E-state index in [2.05, 4.69) is 24.1 Å². The van der Waals surface area contributed by atoms with Gasteiger partial charge in [0.2, 0.25) is 0 Å². The van der Waals surface area contributed by atoms with Crippen molar-refractivity contribution in [2.45, 2.75) is 20.8 Å². The molecular formula is C12H18N2O2. The maximum Gasteiger partial charge on any atom is 0.340 e. The molecule has 1 N–H and O–H groups in total. The van der Waals surface area contributed by atoms with Crippen LogP contribution in [0.2, 0.25) is 0 Å². The monoisotopic (exact) mass is 222 g/mol. The quantitative estimate of drug-likeness (QED) is 0.777. The van der Waals surface area contributed by atoms with Crippen molar-refractivity contribution in [1.82, 2.24) is 4.98 Å². The number of ether oxygens (including phenoxy) is 1. The second-order valence-electron chi connectivity index (χ2n) is 3.92. The van der Waals surface area contributed by atoms with Crippen molar-refractivity contribution in [2.75, 3.05) is 18.5 Å². The molecule has 0 aliphatic carbocycles. The van der Waals surface area contributed by atoms with Crippen molar-refractivity contribution in [3.63, 3.8) is 0 Å². The Bertz CT molecular complexity index is 351. The second kappa shape index (κ2) is 6.10. The predicted octanol–water partition coefficient (Wildman–Crippen LogP) is 2.33. The lowest BCUT2D eigenvalue weighted by Gasteiger charge is -2.12. The SMILES string of the molecule is CCOC(=O)c1ccncc1NCC(C)C. The fraction of sp³-hybridized carbons (Fsp3) is 0.500. The highest BCUT2D eigenvalue weighted by Gasteiger charge is 2.11. The smallest absolute Gasteiger partial charge is 0.340 e. The molecule has 0 atom stereocenters. The number of nitrogens with one attached hydrogen (secondary N) is 1. The summed E-state index contributed by atoms with van der Waals surface area (Å²) in [6.45, 7) is 7.18. The molecule has 1 aromatic rings. The van der Waals surface area contributed by atoms with Crippen LogP contribution in [-0.4, -0.2) is 24.1 Å². The van der Waals surface area contributed by atoms with E-state index in [0.29, 0.717) is 18.1 Å². The van der Waals surface area contributed by atoms with E-state index in [1.807, 2.05) is 0 Å². The minimum Gasteiger partial charge on any atom is -0.462 e. The number of esters is 1. The minimum atomic E-state index is -0.309. The summed E-state index contributed by atoms with van der Waals surface area (Å²) >= 11 is 0. The summed E-state index contributed by atoms with van der Waals surface area (Å²) in [4.78, 5) is 15.6. The molecule has 0 spiro atoms. The molecule has 0 saturated carbocycles. The van der Waals surface area contributed by atoms with Gasteiger partial charge in [0.25, 0.3) is 0 Å². The van der Waals surface area contributed by atoms with Crippen LogP contribution in [0.5, 0.6) is 0 Å². The van der Waals surface area contributed by atoms with E-state index in [1.165, 1.54) is 0 Å². The van der Waals surface area contributed by atoms with E-state index >= 15 is 0 Å². The fourth-order valence-electron chi connectivity index (χ4n) is 1.24. The van der Waals surface area contributed by atoms with Crippen LogP contribution >= 0.6 is 0 Å². The predicted molar refractivity (Wildman–Crippen MR) is 63.5 cm³/mol. The van der Waals surface area contributed by atoms with Crippen molar-refractivity contribution < 1.29 is 9.53 Å². The maximum atomic E-state index is 11.6. The van der Waals surface area contributed by atoms with Gasteiger partial charge in [0.05, 0.1) is 24.1 Å². The largest absolute Gasteiger partial charge is 0.462 e. The Labute approximate surface area is 96.0 Å². The Morgan fingerprint density at radius 1 is 1.56 bits per heavy atom. The topological polar surface area (TPSA) is 51.2 Å². The lowest BCUT2D eigenvalue weighted by atomic mass is 10.2. The zero-order valence-corrected chi connectivity index (χ0v) is 9.99. The van der Waals surface area contributed by atoms with Gasteiger partial charge in [0.1, 0.15) is 0 Å². The Balaban J connectivity index is 2.78. The van der Waals surface area contributed by atoms with Gasteiger partial charge in [0, 0.05) is 12.7 Å². The minimum absolute atomic E-state index is 0.309. The summed E-state index contributed by atoms with van der Waals surface area (Å²) in [7, 11) is 0. The fourth-order valence-corrected chi connectivity index (χ4v) is 1.24. The lowest BCUT2D eigenvalue weighted by molar-refractivity contribution is 0.0527. The van der Waals surface area contributed by atoms with Crippen molar-refractivity contribution in [2.24, 2.45) is 5.92 Å². The van der Waals surface area contributed by atoms with Crippen LogP contribution in [0.4, 0.5) is 5.69 Å². The van der Waals surface area contributed by atoms with Crippen LogP contribution in [0.3, 0.4) is 0 Å². The van der Waals surface area contributed by atoms with Crippen LogP contribution in [0.25, 0.3) is 0 Å². The van der Waals surface area contributed by atoms with Crippen molar-refractivity contribution >= 4 is 11.7 Å². The summed E-state index contributed by atoms with van der Waals surface area (Å²) in [6, 6.07) is 1.67. The number of hydrogen-bond donors (Lipinski definition) is 1. The van der Waals surface area contributed by atoms with Gasteiger partial charge in [0.15, 0.2) is 0 Å². The number of anilines is 1. The summed E-state index contributed by atoms with van der Waals surface area (Å²) in [5.74, 6) is 0.200. The third-order valence-corrected chi connectivity index (χ3v) is 2.02. The number of carbonyl (C=O) groups is 1. The molecule has 0 amide bonds. The van der Waals surface area contributed by atoms with Gasteiger partial charge in [-0.3, -0.25) is 4.98 Å². The molecule has 0 radical (unpaired) electrons. The van der Waals surface area contributed by atoms with Gasteiger partial charge in [-0.2, -0.15) is 0 Å². The molecule has 0 aliphatic rings. The van der Waals surface area contributed by atoms with E-state index in [1.54, 1.807) is 25.4 Å². The first-order valence-electron chi connectivity index (χ1n) is 5.50. The number of nitrogens with zero attached hydrogens (tertiary/aromatic N) is 1. The van der Waals surface area contributed by atoms with Crippen LogP contribution in [0, 0.1) is 5.92 Å². The summed E-state index contributed by atoms with van der Waals surface area (Å²) in [6.07, 6.45) is 3.24. The van der Waals surface area contributed by atoms with Crippen LogP contribution in [0.15, 0.2) is 18.5 Å². The number of hydrogen-bond acceptors (Lipinski definition) is 4. The number of rotatable bonds is 5. The standard InChI is InChI=1S/C12H18N2O2/c1-4-16-12(15)10-5-6-13-8-11(10)14-7-9(2)3/h5-6,8-9,14H,4,7H2,1-3H3. The normalized spacial score (nSPS) is 10.2. The van der Waals surface area contributed by atoms with Gasteiger partial charge in [-0.05, 0) is 18.9 Å². The number of aromatic nitrogens is 1. The third kappa shape index (κ3) is 3.53. The van der Waals surface area contributed by atoms with Crippen molar-refractivity contribution in [1.29, 1.82) is 0 Å². The molecule has 16 heavy (non-hydrogen) atoms. The number of pyridine rings is 1. The average molecular weight is 222 g/mol. The highest BCUT2D eigenvalue weighted by molar-refractivity contribution is 5.95. The first-order chi connectivity index (χ1) is 7.65. The van der Waals surface area contributed by atoms with Crippen LogP contribution in [0.1, 0.15) is 31.1 Å². The van der Waals surface area contributed by atoms with Crippen molar-refractivity contribution in [3.8, 4) is 0 Å². The molecular weight excluding hydrogens is 204 g/mol. The molecule has 4 nitrogen and oxygen atoms in total. The molecule has 0 bridgehead atoms. The summed E-state index contributed by atoms with van der Waals surface area (Å²) in [5.41, 5.74) is 1.27. The lowest BCUT2D eigenvalue weighted by Crippen LogP contribution is -2.13. The molecule has 0 unspecified atom stereocenters. The van der Waals surface area contributed by atoms with Gasteiger partial charge in [-0.25, -0.2) is 4.79 Å². The van der Waals surface area contributed by atoms with E-state index in [0.717, 1.165) is 12.2 Å². The van der Waals surface area contributed by atoms with E-state index in [9.17, 15) is 4.79 Å². The van der Waals surface area contributed by atoms with Gasteiger partial charge < -0.3 is 10.1 Å². The summed E-state index contributed by atoms with van der Waals surface area (Å²) < 4.78 is 4.97. The molecule has 1 rings (SSSR count). The molecule has 0 aromatic carbocycles. The van der Waals surface area contributed by atoms with E-state index in [-0.39, 0.29) is 5.97 Å². The Morgan fingerprint density at radius 3 is 2.94 bits per heavy atom. The third-order valence-electron chi connectivity index (χ3n) is 2.02. The summed E-state index contributed by atoms with van der Waals surface area (Å²) in [5, 5.41) is 3.19. The Kier molecular flexibility index (Phi) is 4.76. The molecule has 0 aliphatic heterocycles. The zero-order valence-electron chi connectivity index (χ0n) is 9.99. The van der Waals surface area contributed by atoms with Gasteiger partial charge in [-0.15, -0.1) is 0 Å². The molecule has 4 heteroatoms. The zero-order chi connectivity index (χ0) is 12.0. The van der Waals surface area contributed by atoms with Gasteiger partial charge in [-0.1, -0.05) is 13.8 Å². The molecule has 0 fully saturated rings. The molecule has 0 saturated heterocycles. The Morgan fingerprint density at radius 2 is 2.31 bits per heavy atom.